The number of hydrogen-bond donors (Lipinski definition) is 0. The summed E-state index contributed by atoms with van der Waals surface area (Å²) in [4.78, 5) is 2.65. The molecule has 0 saturated carbocycles. The standard InChI is InChI=1S/C54H51BN2OS/c1-51(2,3)30-15-18-32(19-16-30)57-43-28-41-40(53(7,8)23-24-54(41,9)10)27-37(43)34-20-21-35-36-26-38-33-13-11-12-14-45(33)59-46(38)29-42(36)56-48(35)47(34)55(57)50-49(56)39-25-31(52(4,5)6)17-22-44(39)58-50/h11-22,25-29H,23-24H2,1-10H3. The SMILES string of the molecule is CC(C)(C)c1ccc(N2B3c4oc5ccc(C(C)(C)C)cc5c4-n4c5cc6sc7ccccc7c6cc5c5ccc(c3c54)-c3cc4c(cc32)C(C)(C)CCC4(C)C)cc1. The predicted octanol–water partition coefficient (Wildman–Crippen LogP) is 14.1. The molecule has 0 saturated heterocycles. The topological polar surface area (TPSA) is 21.3 Å². The number of furan rings is 1. The molecule has 0 spiro atoms. The second-order valence-electron chi connectivity index (χ2n) is 21.3. The summed E-state index contributed by atoms with van der Waals surface area (Å²) in [5.74, 6) is 0. The van der Waals surface area contributed by atoms with Crippen molar-refractivity contribution in [3.05, 3.63) is 125 Å². The van der Waals surface area contributed by atoms with Crippen molar-refractivity contribution in [2.24, 2.45) is 0 Å². The highest BCUT2D eigenvalue weighted by atomic mass is 32.1. The molecule has 12 rings (SSSR count). The second-order valence-corrected chi connectivity index (χ2v) is 22.3. The Morgan fingerprint density at radius 3 is 2.03 bits per heavy atom. The van der Waals surface area contributed by atoms with Crippen LogP contribution in [-0.4, -0.2) is 11.4 Å². The molecule has 0 atom stereocenters. The van der Waals surface area contributed by atoms with E-state index in [0.29, 0.717) is 0 Å². The summed E-state index contributed by atoms with van der Waals surface area (Å²) in [5.41, 5.74) is 17.9. The minimum Gasteiger partial charge on any atom is -0.466 e. The summed E-state index contributed by atoms with van der Waals surface area (Å²) < 4.78 is 12.6. The molecule has 5 heterocycles. The fraction of sp³-hybridized carbons (Fsp3) is 0.296. The third-order valence-corrected chi connectivity index (χ3v) is 15.7. The molecule has 6 aromatic carbocycles. The van der Waals surface area contributed by atoms with Gasteiger partial charge in [-0.2, -0.15) is 0 Å². The maximum absolute atomic E-state index is 7.36. The van der Waals surface area contributed by atoms with Gasteiger partial charge in [-0.1, -0.05) is 118 Å². The van der Waals surface area contributed by atoms with E-state index >= 15 is 0 Å². The number of hydrogen-bond acceptors (Lipinski definition) is 3. The molecule has 3 aliphatic rings. The second kappa shape index (κ2) is 11.3. The van der Waals surface area contributed by atoms with E-state index in [-0.39, 0.29) is 28.5 Å². The summed E-state index contributed by atoms with van der Waals surface area (Å²) in [6, 6.07) is 40.3. The Kier molecular flexibility index (Phi) is 6.84. The largest absolute Gasteiger partial charge is 0.466 e. The van der Waals surface area contributed by atoms with Crippen molar-refractivity contribution in [1.29, 1.82) is 0 Å². The molecule has 0 bridgehead atoms. The molecular weight excluding hydrogens is 735 g/mol. The third kappa shape index (κ3) is 4.77. The number of nitrogens with zero attached hydrogens (tertiary/aromatic N) is 2. The van der Waals surface area contributed by atoms with Crippen molar-refractivity contribution in [2.75, 3.05) is 4.81 Å². The zero-order valence-corrected chi connectivity index (χ0v) is 36.8. The molecule has 0 radical (unpaired) electrons. The number of aromatic nitrogens is 1. The van der Waals surface area contributed by atoms with E-state index in [1.54, 1.807) is 0 Å². The average molecular weight is 787 g/mol. The number of thiophene rings is 1. The lowest BCUT2D eigenvalue weighted by Crippen LogP contribution is -2.60. The molecule has 59 heavy (non-hydrogen) atoms. The van der Waals surface area contributed by atoms with Gasteiger partial charge >= 0.3 is 6.85 Å². The number of benzene rings is 6. The zero-order chi connectivity index (χ0) is 40.7. The van der Waals surface area contributed by atoms with Gasteiger partial charge in [0.1, 0.15) is 11.2 Å². The Bertz CT molecular complexity index is 3300. The highest BCUT2D eigenvalue weighted by molar-refractivity contribution is 7.25. The lowest BCUT2D eigenvalue weighted by Gasteiger charge is -2.45. The maximum Gasteiger partial charge on any atom is 0.375 e. The smallest absolute Gasteiger partial charge is 0.375 e. The van der Waals surface area contributed by atoms with Crippen LogP contribution in [0.4, 0.5) is 11.4 Å². The van der Waals surface area contributed by atoms with Crippen molar-refractivity contribution in [3.8, 4) is 16.8 Å². The Labute approximate surface area is 351 Å². The molecule has 0 N–H and O–H groups in total. The monoisotopic (exact) mass is 786 g/mol. The van der Waals surface area contributed by atoms with Gasteiger partial charge in [0, 0.05) is 53.3 Å². The summed E-state index contributed by atoms with van der Waals surface area (Å²) in [5, 5.41) is 6.45. The van der Waals surface area contributed by atoms with Crippen molar-refractivity contribution in [2.45, 2.75) is 104 Å². The van der Waals surface area contributed by atoms with Crippen LogP contribution < -0.4 is 15.9 Å². The minimum absolute atomic E-state index is 0.0142. The van der Waals surface area contributed by atoms with Crippen LogP contribution in [0.25, 0.3) is 69.8 Å². The average Bonchev–Trinajstić information content (AvgIpc) is 3.86. The molecule has 0 unspecified atom stereocenters. The molecule has 1 aliphatic carbocycles. The lowest BCUT2D eigenvalue weighted by molar-refractivity contribution is 0.332. The summed E-state index contributed by atoms with van der Waals surface area (Å²) >= 11 is 1.90. The molecule has 9 aromatic rings. The highest BCUT2D eigenvalue weighted by Crippen LogP contribution is 2.53. The first-order valence-electron chi connectivity index (χ1n) is 21.6. The molecule has 2 aliphatic heterocycles. The molecule has 3 aromatic heterocycles. The fourth-order valence-electron chi connectivity index (χ4n) is 11.0. The van der Waals surface area contributed by atoms with E-state index in [1.807, 2.05) is 11.3 Å². The van der Waals surface area contributed by atoms with Crippen LogP contribution in [0.5, 0.6) is 0 Å². The Balaban J connectivity index is 1.26. The first kappa shape index (κ1) is 35.7. The van der Waals surface area contributed by atoms with E-state index in [1.165, 1.54) is 116 Å². The van der Waals surface area contributed by atoms with Crippen LogP contribution in [0.3, 0.4) is 0 Å². The zero-order valence-electron chi connectivity index (χ0n) is 36.0. The van der Waals surface area contributed by atoms with Crippen LogP contribution in [0, 0.1) is 0 Å². The molecule has 3 nitrogen and oxygen atoms in total. The predicted molar refractivity (Wildman–Crippen MR) is 255 cm³/mol. The molecule has 5 heteroatoms. The van der Waals surface area contributed by atoms with Crippen LogP contribution in [0.1, 0.15) is 104 Å². The fourth-order valence-corrected chi connectivity index (χ4v) is 12.1. The van der Waals surface area contributed by atoms with Crippen molar-refractivity contribution >= 4 is 93.6 Å². The van der Waals surface area contributed by atoms with Crippen molar-refractivity contribution in [3.63, 3.8) is 0 Å². The lowest BCUT2D eigenvalue weighted by atomic mass is 9.46. The summed E-state index contributed by atoms with van der Waals surface area (Å²) in [6.07, 6.45) is 2.35. The van der Waals surface area contributed by atoms with Gasteiger partial charge in [-0.25, -0.2) is 0 Å². The van der Waals surface area contributed by atoms with Crippen LogP contribution in [0.15, 0.2) is 108 Å². The Morgan fingerprint density at radius 1 is 0.610 bits per heavy atom. The number of anilines is 2. The van der Waals surface area contributed by atoms with Crippen LogP contribution in [-0.2, 0) is 21.7 Å². The van der Waals surface area contributed by atoms with E-state index in [4.69, 9.17) is 4.42 Å². The van der Waals surface area contributed by atoms with Gasteiger partial charge in [-0.3, -0.25) is 0 Å². The van der Waals surface area contributed by atoms with Crippen LogP contribution >= 0.6 is 11.3 Å². The van der Waals surface area contributed by atoms with Crippen molar-refractivity contribution in [1.82, 2.24) is 4.57 Å². The van der Waals surface area contributed by atoms with Gasteiger partial charge in [0.15, 0.2) is 0 Å². The normalized spacial score (nSPS) is 16.7. The summed E-state index contributed by atoms with van der Waals surface area (Å²) in [6.45, 7) is 23.5. The third-order valence-electron chi connectivity index (χ3n) is 14.6. The summed E-state index contributed by atoms with van der Waals surface area (Å²) in [7, 11) is 0. The Hall–Kier alpha value is -5.26. The van der Waals surface area contributed by atoms with Gasteiger partial charge in [0.2, 0.25) is 0 Å². The van der Waals surface area contributed by atoms with Crippen molar-refractivity contribution < 1.29 is 4.42 Å². The first-order valence-corrected chi connectivity index (χ1v) is 22.4. The highest BCUT2D eigenvalue weighted by Gasteiger charge is 2.49. The van der Waals surface area contributed by atoms with Gasteiger partial charge in [-0.05, 0) is 122 Å². The van der Waals surface area contributed by atoms with Gasteiger partial charge in [0.05, 0.1) is 16.7 Å². The van der Waals surface area contributed by atoms with E-state index in [2.05, 4.69) is 182 Å². The molecular formula is C54H51BN2OS. The van der Waals surface area contributed by atoms with E-state index in [0.717, 1.165) is 11.2 Å². The number of fused-ring (bicyclic) bond motifs is 14. The van der Waals surface area contributed by atoms with E-state index in [9.17, 15) is 0 Å². The molecule has 0 fully saturated rings. The first-order chi connectivity index (χ1) is 28.0. The van der Waals surface area contributed by atoms with Gasteiger partial charge in [0.25, 0.3) is 0 Å². The molecule has 292 valence electrons. The van der Waals surface area contributed by atoms with E-state index < -0.39 is 0 Å². The quantitative estimate of drug-likeness (QED) is 0.155. The Morgan fingerprint density at radius 2 is 1.31 bits per heavy atom. The van der Waals surface area contributed by atoms with Gasteiger partial charge < -0.3 is 13.8 Å². The number of rotatable bonds is 1. The minimum atomic E-state index is -0.168. The maximum atomic E-state index is 7.36. The van der Waals surface area contributed by atoms with Gasteiger partial charge in [-0.15, -0.1) is 11.3 Å². The molecule has 0 amide bonds. The van der Waals surface area contributed by atoms with Crippen LogP contribution in [0.2, 0.25) is 0 Å².